The van der Waals surface area contributed by atoms with E-state index in [0.717, 1.165) is 30.6 Å². The first-order chi connectivity index (χ1) is 22.8. The van der Waals surface area contributed by atoms with Crippen molar-refractivity contribution in [2.75, 3.05) is 19.6 Å². The number of hydrogen-bond donors (Lipinski definition) is 1. The van der Waals surface area contributed by atoms with Crippen LogP contribution in [0.4, 0.5) is 0 Å². The summed E-state index contributed by atoms with van der Waals surface area (Å²) in [6, 6.07) is 0. The summed E-state index contributed by atoms with van der Waals surface area (Å²) in [6.45, 7) is 29.9. The number of rotatable bonds is 9. The van der Waals surface area contributed by atoms with E-state index in [1.54, 1.807) is 0 Å². The Kier molecular flexibility index (Phi) is 9.88. The summed E-state index contributed by atoms with van der Waals surface area (Å²) in [5, 5.41) is 9.35. The van der Waals surface area contributed by atoms with E-state index < -0.39 is 11.4 Å². The molecule has 0 radical (unpaired) electrons. The fourth-order valence-corrected chi connectivity index (χ4v) is 14.6. The largest absolute Gasteiger partial charge is 0.481 e. The van der Waals surface area contributed by atoms with Crippen molar-refractivity contribution in [1.82, 2.24) is 4.90 Å². The highest BCUT2D eigenvalue weighted by atomic mass is 16.5. The van der Waals surface area contributed by atoms with Gasteiger partial charge in [-0.1, -0.05) is 67.5 Å². The Bertz CT molecular complexity index is 1280. The van der Waals surface area contributed by atoms with Crippen molar-refractivity contribution < 1.29 is 19.4 Å². The summed E-state index contributed by atoms with van der Waals surface area (Å²) in [6.07, 6.45) is 16.9. The number of piperidine rings is 1. The third-order valence-electron chi connectivity index (χ3n) is 17.5. The molecule has 6 rings (SSSR count). The maximum absolute atomic E-state index is 13.2. The highest BCUT2D eigenvalue weighted by Crippen LogP contribution is 2.78. The number of esters is 1. The predicted molar refractivity (Wildman–Crippen MR) is 199 cm³/mol. The quantitative estimate of drug-likeness (QED) is 0.194. The first-order valence-electron chi connectivity index (χ1n) is 20.6. The molecule has 1 saturated heterocycles. The number of carbonyl (C=O) groups is 2. The van der Waals surface area contributed by atoms with Gasteiger partial charge >= 0.3 is 11.9 Å². The summed E-state index contributed by atoms with van der Waals surface area (Å²) < 4.78 is 6.31. The number of ether oxygens (including phenoxy) is 1. The zero-order valence-electron chi connectivity index (χ0n) is 33.1. The van der Waals surface area contributed by atoms with Gasteiger partial charge in [-0.15, -0.1) is 0 Å². The van der Waals surface area contributed by atoms with E-state index in [4.69, 9.17) is 4.74 Å². The normalized spacial score (nSPS) is 43.9. The second-order valence-electron chi connectivity index (χ2n) is 21.1. The van der Waals surface area contributed by atoms with Crippen molar-refractivity contribution in [3.05, 3.63) is 12.2 Å². The van der Waals surface area contributed by atoms with E-state index >= 15 is 0 Å². The van der Waals surface area contributed by atoms with Crippen LogP contribution in [-0.2, 0) is 14.3 Å². The summed E-state index contributed by atoms with van der Waals surface area (Å²) in [5.41, 5.74) is 2.13. The van der Waals surface area contributed by atoms with Gasteiger partial charge < -0.3 is 14.7 Å². The Morgan fingerprint density at radius 2 is 1.53 bits per heavy atom. The van der Waals surface area contributed by atoms with Crippen LogP contribution in [-0.4, -0.2) is 47.7 Å². The Morgan fingerprint density at radius 1 is 0.837 bits per heavy atom. The number of aliphatic carboxylic acids is 1. The number of hydrogen-bond acceptors (Lipinski definition) is 4. The summed E-state index contributed by atoms with van der Waals surface area (Å²) in [4.78, 5) is 27.4. The van der Waals surface area contributed by atoms with Crippen molar-refractivity contribution >= 4 is 11.9 Å². The number of likely N-dealkylation sites (tertiary alicyclic amines) is 1. The van der Waals surface area contributed by atoms with E-state index in [2.05, 4.69) is 59.9 Å². The van der Waals surface area contributed by atoms with Gasteiger partial charge in [-0.25, -0.2) is 0 Å². The van der Waals surface area contributed by atoms with Crippen LogP contribution < -0.4 is 0 Å². The van der Waals surface area contributed by atoms with Crippen molar-refractivity contribution in [3.8, 4) is 0 Å². The van der Waals surface area contributed by atoms with Crippen LogP contribution in [0.25, 0.3) is 0 Å². The molecule has 0 aromatic carbocycles. The summed E-state index contributed by atoms with van der Waals surface area (Å²) >= 11 is 0. The van der Waals surface area contributed by atoms with Gasteiger partial charge in [0.05, 0.1) is 12.8 Å². The minimum absolute atomic E-state index is 0.0241. The number of carboxylic acid groups (broad SMARTS) is 1. The standard InChI is InChI=1S/C44H73NO4/c1-29(2)31-13-20-44(23-26-45-24-16-30(3)17-25-45)22-21-42(9)32(38(31)44)11-12-34-41(8)18-15-35(40(6,7)33(41)14-19-43(34,42)10)49-37(48)28-39(4,5)27-36(46)47/h30-35,38H,1,11-28H2,2-10H3,(H,46,47)/t31-,32+,33-,34+,35-,38+,41-,42+,43+,44+/m0/s1. The van der Waals surface area contributed by atoms with Crippen molar-refractivity contribution in [3.63, 3.8) is 0 Å². The first-order valence-corrected chi connectivity index (χ1v) is 20.6. The zero-order valence-corrected chi connectivity index (χ0v) is 33.1. The second-order valence-corrected chi connectivity index (χ2v) is 21.1. The van der Waals surface area contributed by atoms with Gasteiger partial charge in [-0.3, -0.25) is 9.59 Å². The number of allylic oxidation sites excluding steroid dienone is 1. The van der Waals surface area contributed by atoms with Crippen molar-refractivity contribution in [2.24, 2.45) is 68.0 Å². The molecular weight excluding hydrogens is 606 g/mol. The average Bonchev–Trinajstić information content (AvgIpc) is 3.38. The topological polar surface area (TPSA) is 66.8 Å². The van der Waals surface area contributed by atoms with Gasteiger partial charge in [-0.2, -0.15) is 0 Å². The molecule has 0 spiro atoms. The second kappa shape index (κ2) is 12.9. The Morgan fingerprint density at radius 3 is 2.18 bits per heavy atom. The summed E-state index contributed by atoms with van der Waals surface area (Å²) in [5.74, 6) is 3.26. The molecular formula is C44H73NO4. The molecule has 6 fully saturated rings. The smallest absolute Gasteiger partial charge is 0.306 e. The number of nitrogens with zero attached hydrogens (tertiary/aromatic N) is 1. The molecule has 1 aliphatic heterocycles. The fraction of sp³-hybridized carbons (Fsp3) is 0.909. The van der Waals surface area contributed by atoms with E-state index in [9.17, 15) is 14.7 Å². The Hall–Kier alpha value is -1.36. The first kappa shape index (κ1) is 37.4. The maximum atomic E-state index is 13.2. The monoisotopic (exact) mass is 680 g/mol. The number of carbonyl (C=O) groups excluding carboxylic acids is 1. The molecule has 1 heterocycles. The SMILES string of the molecule is C=C(C)[C@@H]1CC[C@]2(CCN3CCC(C)CC3)CC[C@]3(C)[C@H](CC[C@@H]4[C@@]5(C)CC[C@H](OC(=O)CC(C)(C)CC(=O)O)C(C)(C)[C@@H]5CC[C@]43C)[C@@H]12. The highest BCUT2D eigenvalue weighted by molar-refractivity contribution is 5.73. The Balaban J connectivity index is 1.21. The molecule has 0 aromatic heterocycles. The highest BCUT2D eigenvalue weighted by Gasteiger charge is 2.71. The van der Waals surface area contributed by atoms with Crippen LogP contribution >= 0.6 is 0 Å². The van der Waals surface area contributed by atoms with Gasteiger partial charge in [-0.05, 0) is 173 Å². The fourth-order valence-electron chi connectivity index (χ4n) is 14.6. The molecule has 5 nitrogen and oxygen atoms in total. The van der Waals surface area contributed by atoms with Gasteiger partial charge in [0.1, 0.15) is 6.10 Å². The maximum Gasteiger partial charge on any atom is 0.306 e. The van der Waals surface area contributed by atoms with Gasteiger partial charge in [0.15, 0.2) is 0 Å². The van der Waals surface area contributed by atoms with E-state index in [1.807, 2.05) is 13.8 Å². The van der Waals surface area contributed by atoms with Crippen molar-refractivity contribution in [1.29, 1.82) is 0 Å². The Labute approximate surface area is 300 Å². The van der Waals surface area contributed by atoms with E-state index in [1.165, 1.54) is 95.8 Å². The molecule has 5 heteroatoms. The molecule has 5 aliphatic carbocycles. The minimum Gasteiger partial charge on any atom is -0.481 e. The minimum atomic E-state index is -0.862. The predicted octanol–water partition coefficient (Wildman–Crippen LogP) is 10.6. The molecule has 0 amide bonds. The van der Waals surface area contributed by atoms with Gasteiger partial charge in [0, 0.05) is 5.41 Å². The van der Waals surface area contributed by atoms with Crippen LogP contribution in [0.15, 0.2) is 12.2 Å². The molecule has 5 saturated carbocycles. The molecule has 6 aliphatic rings. The molecule has 0 aromatic rings. The lowest BCUT2D eigenvalue weighted by Gasteiger charge is -2.73. The number of carboxylic acids is 1. The average molecular weight is 680 g/mol. The third-order valence-corrected chi connectivity index (χ3v) is 17.5. The van der Waals surface area contributed by atoms with Crippen LogP contribution in [0.2, 0.25) is 0 Å². The lowest BCUT2D eigenvalue weighted by molar-refractivity contribution is -0.250. The molecule has 1 N–H and O–H groups in total. The molecule has 0 bridgehead atoms. The summed E-state index contributed by atoms with van der Waals surface area (Å²) in [7, 11) is 0. The van der Waals surface area contributed by atoms with Crippen LogP contribution in [0.1, 0.15) is 159 Å². The molecule has 278 valence electrons. The van der Waals surface area contributed by atoms with E-state index in [-0.39, 0.29) is 35.7 Å². The van der Waals surface area contributed by atoms with Gasteiger partial charge in [0.2, 0.25) is 0 Å². The van der Waals surface area contributed by atoms with Crippen molar-refractivity contribution in [2.45, 2.75) is 165 Å². The third kappa shape index (κ3) is 6.28. The number of fused-ring (bicyclic) bond motifs is 7. The van der Waals surface area contributed by atoms with Gasteiger partial charge in [0.25, 0.3) is 0 Å². The zero-order chi connectivity index (χ0) is 35.8. The van der Waals surface area contributed by atoms with Crippen LogP contribution in [0.3, 0.4) is 0 Å². The lowest BCUT2D eigenvalue weighted by atomic mass is 9.32. The van der Waals surface area contributed by atoms with Crippen LogP contribution in [0, 0.1) is 68.0 Å². The lowest BCUT2D eigenvalue weighted by Crippen LogP contribution is -2.66. The van der Waals surface area contributed by atoms with Crippen LogP contribution in [0.5, 0.6) is 0 Å². The molecule has 49 heavy (non-hydrogen) atoms. The molecule has 0 unspecified atom stereocenters. The van der Waals surface area contributed by atoms with E-state index in [0.29, 0.717) is 34.0 Å². The molecule has 10 atom stereocenters.